The van der Waals surface area contributed by atoms with E-state index in [9.17, 15) is 4.79 Å². The van der Waals surface area contributed by atoms with Crippen LogP contribution in [0.3, 0.4) is 0 Å². The maximum atomic E-state index is 15.0. The molecule has 0 spiro atoms. The van der Waals surface area contributed by atoms with E-state index in [4.69, 9.17) is 9.47 Å². The summed E-state index contributed by atoms with van der Waals surface area (Å²) in [5.74, 6) is 1.05. The third kappa shape index (κ3) is 3.90. The van der Waals surface area contributed by atoms with Gasteiger partial charge in [-0.25, -0.2) is 14.4 Å². The second kappa shape index (κ2) is 8.68. The zero-order valence-corrected chi connectivity index (χ0v) is 19.1. The van der Waals surface area contributed by atoms with Crippen molar-refractivity contribution in [2.45, 2.75) is 17.8 Å². The number of thioether (sulfide) groups is 1. The van der Waals surface area contributed by atoms with Crippen molar-refractivity contribution in [2.75, 3.05) is 20.5 Å². The lowest BCUT2D eigenvalue weighted by Gasteiger charge is -2.16. The van der Waals surface area contributed by atoms with Gasteiger partial charge in [0, 0.05) is 11.6 Å². The van der Waals surface area contributed by atoms with Crippen LogP contribution in [0.2, 0.25) is 0 Å². The van der Waals surface area contributed by atoms with E-state index >= 15 is 4.39 Å². The van der Waals surface area contributed by atoms with Gasteiger partial charge in [0.15, 0.2) is 14.7 Å². The zero-order chi connectivity index (χ0) is 22.1. The molecule has 4 rings (SSSR count). The summed E-state index contributed by atoms with van der Waals surface area (Å²) in [5, 5.41) is 0. The van der Waals surface area contributed by atoms with Crippen LogP contribution in [0.4, 0.5) is 4.39 Å². The molecule has 2 aromatic carbocycles. The first-order valence-corrected chi connectivity index (χ1v) is 11.4. The van der Waals surface area contributed by atoms with Crippen molar-refractivity contribution in [1.82, 2.24) is 14.5 Å². The van der Waals surface area contributed by atoms with Gasteiger partial charge >= 0.3 is 0 Å². The minimum absolute atomic E-state index is 0.143. The molecule has 160 valence electrons. The van der Waals surface area contributed by atoms with E-state index in [1.54, 1.807) is 51.5 Å². The fourth-order valence-corrected chi connectivity index (χ4v) is 4.72. The summed E-state index contributed by atoms with van der Waals surface area (Å²) >= 11 is 2.76. The highest BCUT2D eigenvalue weighted by Crippen LogP contribution is 2.31. The summed E-state index contributed by atoms with van der Waals surface area (Å²) in [6, 6.07) is 10.4. The molecule has 0 fully saturated rings. The molecule has 0 saturated carbocycles. The summed E-state index contributed by atoms with van der Waals surface area (Å²) in [6.45, 7) is 1.83. The van der Waals surface area contributed by atoms with E-state index in [1.165, 1.54) is 27.7 Å². The molecule has 0 saturated heterocycles. The number of hydrogen-bond acceptors (Lipinski definition) is 7. The van der Waals surface area contributed by atoms with Gasteiger partial charge in [-0.1, -0.05) is 35.2 Å². The number of thiazole rings is 1. The van der Waals surface area contributed by atoms with E-state index < -0.39 is 5.82 Å². The number of fused-ring (bicyclic) bond motifs is 1. The van der Waals surface area contributed by atoms with Crippen molar-refractivity contribution in [2.24, 2.45) is 0 Å². The van der Waals surface area contributed by atoms with Crippen LogP contribution in [0, 0.1) is 12.7 Å². The van der Waals surface area contributed by atoms with Gasteiger partial charge in [0.2, 0.25) is 0 Å². The van der Waals surface area contributed by atoms with Gasteiger partial charge in [-0.15, -0.1) is 0 Å². The number of rotatable bonds is 6. The van der Waals surface area contributed by atoms with E-state index in [-0.39, 0.29) is 29.0 Å². The summed E-state index contributed by atoms with van der Waals surface area (Å²) in [4.78, 5) is 23.0. The minimum Gasteiger partial charge on any atom is -0.497 e. The highest BCUT2D eigenvalue weighted by molar-refractivity contribution is 8.00. The third-order valence-corrected chi connectivity index (χ3v) is 6.86. The highest BCUT2D eigenvalue weighted by Gasteiger charge is 2.21. The van der Waals surface area contributed by atoms with E-state index in [2.05, 4.69) is 9.97 Å². The van der Waals surface area contributed by atoms with Crippen LogP contribution in [-0.2, 0) is 6.54 Å². The van der Waals surface area contributed by atoms with Crippen LogP contribution in [0.5, 0.6) is 11.5 Å². The SMILES string of the molecule is COc1ccc(Cn2c(-c3cccc(C)c3F)nc3sc(SC)nc3c2=O)c(OC)c1. The van der Waals surface area contributed by atoms with Gasteiger partial charge in [-0.05, 0) is 36.9 Å². The molecule has 4 aromatic rings. The summed E-state index contributed by atoms with van der Waals surface area (Å²) in [7, 11) is 3.12. The number of ether oxygens (including phenoxy) is 2. The Morgan fingerprint density at radius 3 is 2.68 bits per heavy atom. The van der Waals surface area contributed by atoms with Gasteiger partial charge in [-0.2, -0.15) is 0 Å². The fraction of sp³-hybridized carbons (Fsp3) is 0.227. The number of nitrogens with zero attached hydrogens (tertiary/aromatic N) is 3. The molecule has 0 N–H and O–H groups in total. The first-order valence-electron chi connectivity index (χ1n) is 9.38. The van der Waals surface area contributed by atoms with Crippen molar-refractivity contribution in [3.63, 3.8) is 0 Å². The fourth-order valence-electron chi connectivity index (χ4n) is 3.30. The van der Waals surface area contributed by atoms with E-state index in [1.807, 2.05) is 12.3 Å². The predicted octanol–water partition coefficient (Wildman–Crippen LogP) is 4.75. The van der Waals surface area contributed by atoms with E-state index in [0.717, 1.165) is 9.90 Å². The van der Waals surface area contributed by atoms with Crippen molar-refractivity contribution < 1.29 is 13.9 Å². The first-order chi connectivity index (χ1) is 15.0. The second-order valence-corrected chi connectivity index (χ2v) is 8.81. The number of halogens is 1. The lowest BCUT2D eigenvalue weighted by molar-refractivity contribution is 0.390. The third-order valence-electron chi connectivity index (χ3n) is 4.93. The Kier molecular flexibility index (Phi) is 5.97. The number of methoxy groups -OCH3 is 2. The molecule has 9 heteroatoms. The monoisotopic (exact) mass is 457 g/mol. The van der Waals surface area contributed by atoms with Gasteiger partial charge in [0.25, 0.3) is 5.56 Å². The average Bonchev–Trinajstić information content (AvgIpc) is 3.21. The van der Waals surface area contributed by atoms with Gasteiger partial charge < -0.3 is 9.47 Å². The van der Waals surface area contributed by atoms with E-state index in [0.29, 0.717) is 21.9 Å². The average molecular weight is 458 g/mol. The molecule has 31 heavy (non-hydrogen) atoms. The smallest absolute Gasteiger partial charge is 0.281 e. The molecule has 0 aliphatic heterocycles. The Hall–Kier alpha value is -2.91. The topological polar surface area (TPSA) is 66.2 Å². The number of aryl methyl sites for hydroxylation is 1. The first kappa shape index (κ1) is 21.3. The van der Waals surface area contributed by atoms with Crippen molar-refractivity contribution in [1.29, 1.82) is 0 Å². The van der Waals surface area contributed by atoms with Gasteiger partial charge in [-0.3, -0.25) is 9.36 Å². The molecule has 0 aliphatic rings. The second-order valence-electron chi connectivity index (χ2n) is 6.78. The van der Waals surface area contributed by atoms with Crippen molar-refractivity contribution in [3.05, 3.63) is 63.7 Å². The molecular formula is C22H20FN3O3S2. The molecule has 0 radical (unpaired) electrons. The van der Waals surface area contributed by atoms with Gasteiger partial charge in [0.1, 0.15) is 23.1 Å². The summed E-state index contributed by atoms with van der Waals surface area (Å²) in [5.41, 5.74) is 1.44. The highest BCUT2D eigenvalue weighted by atomic mass is 32.2. The largest absolute Gasteiger partial charge is 0.497 e. The molecule has 0 amide bonds. The Bertz CT molecular complexity index is 1330. The summed E-state index contributed by atoms with van der Waals surface area (Å²) < 4.78 is 28.0. The predicted molar refractivity (Wildman–Crippen MR) is 122 cm³/mol. The maximum Gasteiger partial charge on any atom is 0.281 e. The standard InChI is InChI=1S/C22H20FN3O3S2/c1-12-6-5-7-15(17(12)23)19-25-20-18(24-22(30-4)31-20)21(27)26(19)11-13-8-9-14(28-2)10-16(13)29-3/h5-10H,11H2,1-4H3. The van der Waals surface area contributed by atoms with Crippen LogP contribution in [-0.4, -0.2) is 35.0 Å². The van der Waals surface area contributed by atoms with Crippen molar-refractivity contribution >= 4 is 33.4 Å². The van der Waals surface area contributed by atoms with Crippen molar-refractivity contribution in [3.8, 4) is 22.9 Å². The number of benzene rings is 2. The Morgan fingerprint density at radius 2 is 1.97 bits per heavy atom. The summed E-state index contributed by atoms with van der Waals surface area (Å²) in [6.07, 6.45) is 1.89. The molecule has 0 atom stereocenters. The Labute approximate surface area is 186 Å². The molecule has 2 heterocycles. The Morgan fingerprint density at radius 1 is 1.16 bits per heavy atom. The number of hydrogen-bond donors (Lipinski definition) is 0. The normalized spacial score (nSPS) is 11.1. The van der Waals surface area contributed by atoms with Crippen LogP contribution >= 0.6 is 23.1 Å². The molecular weight excluding hydrogens is 437 g/mol. The number of aromatic nitrogens is 3. The molecule has 0 unspecified atom stereocenters. The molecule has 2 aromatic heterocycles. The van der Waals surface area contributed by atoms with Crippen LogP contribution in [0.25, 0.3) is 21.7 Å². The quantitative estimate of drug-likeness (QED) is 0.389. The lowest BCUT2D eigenvalue weighted by Crippen LogP contribution is -2.24. The van der Waals surface area contributed by atoms with Crippen LogP contribution in [0.15, 0.2) is 45.5 Å². The Balaban J connectivity index is 1.98. The molecule has 0 bridgehead atoms. The van der Waals surface area contributed by atoms with Crippen LogP contribution in [0.1, 0.15) is 11.1 Å². The molecule has 6 nitrogen and oxygen atoms in total. The lowest BCUT2D eigenvalue weighted by atomic mass is 10.1. The molecule has 0 aliphatic carbocycles. The minimum atomic E-state index is -0.404. The zero-order valence-electron chi connectivity index (χ0n) is 17.4. The maximum absolute atomic E-state index is 15.0. The van der Waals surface area contributed by atoms with Crippen LogP contribution < -0.4 is 15.0 Å². The van der Waals surface area contributed by atoms with Gasteiger partial charge in [0.05, 0.1) is 26.3 Å².